The van der Waals surface area contributed by atoms with Gasteiger partial charge in [0.1, 0.15) is 0 Å². The Morgan fingerprint density at radius 1 is 1.32 bits per heavy atom. The molecule has 1 N–H and O–H groups in total. The van der Waals surface area contributed by atoms with E-state index in [1.54, 1.807) is 0 Å². The summed E-state index contributed by atoms with van der Waals surface area (Å²) in [6.07, 6.45) is 4.85. The van der Waals surface area contributed by atoms with E-state index in [1.807, 2.05) is 6.92 Å². The summed E-state index contributed by atoms with van der Waals surface area (Å²) in [4.78, 5) is 19.0. The summed E-state index contributed by atoms with van der Waals surface area (Å²) in [5, 5.41) is 4.34. The molecule has 1 aliphatic rings. The Hall–Kier alpha value is -2.10. The Morgan fingerprint density at radius 3 is 2.96 bits per heavy atom. The van der Waals surface area contributed by atoms with Gasteiger partial charge in [0.25, 0.3) is 0 Å². The Balaban J connectivity index is 1.77. The predicted molar refractivity (Wildman–Crippen MR) is 104 cm³/mol. The van der Waals surface area contributed by atoms with Gasteiger partial charge in [0.05, 0.1) is 5.52 Å². The number of nitrogens with zero attached hydrogens (tertiary/aromatic N) is 2. The second kappa shape index (κ2) is 8.32. The molecular formula is C21H29N3O. The zero-order chi connectivity index (χ0) is 17.6. The van der Waals surface area contributed by atoms with E-state index in [0.717, 1.165) is 43.7 Å². The lowest BCUT2D eigenvalue weighted by molar-refractivity contribution is -0.121. The lowest BCUT2D eigenvalue weighted by atomic mass is 9.96. The number of nitrogens with one attached hydrogen (secondary N) is 1. The van der Waals surface area contributed by atoms with Crippen LogP contribution >= 0.6 is 0 Å². The smallest absolute Gasteiger partial charge is 0.219 e. The van der Waals surface area contributed by atoms with Crippen molar-refractivity contribution >= 4 is 22.5 Å². The molecule has 0 saturated carbocycles. The van der Waals surface area contributed by atoms with Gasteiger partial charge in [-0.15, -0.1) is 0 Å². The van der Waals surface area contributed by atoms with Gasteiger partial charge in [-0.3, -0.25) is 9.78 Å². The Morgan fingerprint density at radius 2 is 2.16 bits per heavy atom. The summed E-state index contributed by atoms with van der Waals surface area (Å²) in [5.41, 5.74) is 3.52. The molecule has 2 heterocycles. The van der Waals surface area contributed by atoms with Gasteiger partial charge in [0.2, 0.25) is 5.91 Å². The highest BCUT2D eigenvalue weighted by Gasteiger charge is 2.22. The zero-order valence-corrected chi connectivity index (χ0v) is 15.4. The van der Waals surface area contributed by atoms with E-state index in [0.29, 0.717) is 12.3 Å². The number of anilines is 1. The lowest BCUT2D eigenvalue weighted by Gasteiger charge is -2.35. The number of aromatic nitrogens is 1. The number of piperidine rings is 1. The van der Waals surface area contributed by atoms with E-state index in [4.69, 9.17) is 4.98 Å². The number of benzene rings is 1. The first kappa shape index (κ1) is 17.7. The van der Waals surface area contributed by atoms with E-state index in [-0.39, 0.29) is 5.91 Å². The van der Waals surface area contributed by atoms with E-state index < -0.39 is 0 Å². The van der Waals surface area contributed by atoms with Crippen molar-refractivity contribution in [1.82, 2.24) is 10.3 Å². The highest BCUT2D eigenvalue weighted by molar-refractivity contribution is 5.92. The van der Waals surface area contributed by atoms with Crippen LogP contribution in [0.1, 0.15) is 45.2 Å². The molecule has 1 fully saturated rings. The molecule has 0 radical (unpaired) electrons. The van der Waals surface area contributed by atoms with Crippen molar-refractivity contribution in [3.8, 4) is 0 Å². The van der Waals surface area contributed by atoms with E-state index >= 15 is 0 Å². The van der Waals surface area contributed by atoms with Crippen molar-refractivity contribution in [2.75, 3.05) is 24.5 Å². The van der Waals surface area contributed by atoms with Crippen molar-refractivity contribution in [3.05, 3.63) is 36.0 Å². The van der Waals surface area contributed by atoms with Gasteiger partial charge in [-0.2, -0.15) is 0 Å². The number of aryl methyl sites for hydroxylation is 1. The Bertz CT molecular complexity index is 728. The minimum absolute atomic E-state index is 0.183. The fraction of sp³-hybridized carbons (Fsp3) is 0.524. The maximum absolute atomic E-state index is 11.8. The van der Waals surface area contributed by atoms with Crippen molar-refractivity contribution in [3.63, 3.8) is 0 Å². The maximum Gasteiger partial charge on any atom is 0.219 e. The third-order valence-corrected chi connectivity index (χ3v) is 5.03. The van der Waals surface area contributed by atoms with Crippen LogP contribution in [0.25, 0.3) is 10.9 Å². The minimum atomic E-state index is 0.183. The van der Waals surface area contributed by atoms with Crippen molar-refractivity contribution < 1.29 is 4.79 Å². The van der Waals surface area contributed by atoms with Gasteiger partial charge in [-0.25, -0.2) is 0 Å². The number of pyridine rings is 1. The summed E-state index contributed by atoms with van der Waals surface area (Å²) in [6, 6.07) is 10.7. The maximum atomic E-state index is 11.8. The van der Waals surface area contributed by atoms with Crippen LogP contribution in [0, 0.1) is 5.92 Å². The average Bonchev–Trinajstić information content (AvgIpc) is 2.66. The molecule has 134 valence electrons. The van der Waals surface area contributed by atoms with Gasteiger partial charge in [-0.1, -0.05) is 32.0 Å². The van der Waals surface area contributed by atoms with Crippen molar-refractivity contribution in [1.29, 1.82) is 0 Å². The second-order valence-corrected chi connectivity index (χ2v) is 7.01. The zero-order valence-electron chi connectivity index (χ0n) is 15.4. The van der Waals surface area contributed by atoms with Crippen LogP contribution in [0.2, 0.25) is 0 Å². The fourth-order valence-electron chi connectivity index (χ4n) is 3.68. The number of rotatable bonds is 6. The average molecular weight is 339 g/mol. The second-order valence-electron chi connectivity index (χ2n) is 7.01. The molecule has 1 unspecified atom stereocenters. The number of hydrogen-bond acceptors (Lipinski definition) is 3. The van der Waals surface area contributed by atoms with E-state index in [9.17, 15) is 4.79 Å². The number of carbonyl (C=O) groups excluding carboxylic acids is 1. The molecule has 0 aliphatic carbocycles. The van der Waals surface area contributed by atoms with E-state index in [1.165, 1.54) is 23.9 Å². The van der Waals surface area contributed by atoms with Gasteiger partial charge in [0.15, 0.2) is 0 Å². The molecule has 3 rings (SSSR count). The molecule has 1 aliphatic heterocycles. The van der Waals surface area contributed by atoms with E-state index in [2.05, 4.69) is 47.5 Å². The summed E-state index contributed by atoms with van der Waals surface area (Å²) < 4.78 is 0. The Kier molecular flexibility index (Phi) is 5.90. The topological polar surface area (TPSA) is 45.2 Å². The van der Waals surface area contributed by atoms with Gasteiger partial charge in [0, 0.05) is 42.8 Å². The summed E-state index contributed by atoms with van der Waals surface area (Å²) in [5.74, 6) is 0.703. The number of hydrogen-bond donors (Lipinski definition) is 1. The summed E-state index contributed by atoms with van der Waals surface area (Å²) in [6.45, 7) is 7.07. The standard InChI is InChI=1S/C21H29N3O/c1-3-8-21(25)22-14-16-9-7-12-24(15-16)20-13-17(4-2)23-19-11-6-5-10-18(19)20/h5-6,10-11,13,16H,3-4,7-9,12,14-15H2,1-2H3,(H,22,25). The molecule has 4 heteroatoms. The normalized spacial score (nSPS) is 17.7. The highest BCUT2D eigenvalue weighted by Crippen LogP contribution is 2.30. The molecule has 1 amide bonds. The predicted octanol–water partition coefficient (Wildman–Crippen LogP) is 3.93. The molecule has 1 aromatic heterocycles. The number of fused-ring (bicyclic) bond motifs is 1. The molecule has 25 heavy (non-hydrogen) atoms. The monoisotopic (exact) mass is 339 g/mol. The van der Waals surface area contributed by atoms with Crippen molar-refractivity contribution in [2.45, 2.75) is 46.0 Å². The summed E-state index contributed by atoms with van der Waals surface area (Å²) >= 11 is 0. The third-order valence-electron chi connectivity index (χ3n) is 5.03. The SMILES string of the molecule is CCCC(=O)NCC1CCCN(c2cc(CC)nc3ccccc23)C1. The molecule has 1 saturated heterocycles. The molecule has 2 aromatic rings. The van der Waals surface area contributed by atoms with Crippen LogP contribution in [0.5, 0.6) is 0 Å². The minimum Gasteiger partial charge on any atom is -0.371 e. The van der Waals surface area contributed by atoms with Gasteiger partial charge >= 0.3 is 0 Å². The molecule has 0 spiro atoms. The van der Waals surface area contributed by atoms with Crippen LogP contribution in [0.3, 0.4) is 0 Å². The molecular weight excluding hydrogens is 310 g/mol. The summed E-state index contributed by atoms with van der Waals surface area (Å²) in [7, 11) is 0. The first-order chi connectivity index (χ1) is 12.2. The van der Waals surface area contributed by atoms with Gasteiger partial charge < -0.3 is 10.2 Å². The van der Waals surface area contributed by atoms with Crippen LogP contribution in [-0.2, 0) is 11.2 Å². The van der Waals surface area contributed by atoms with Crippen LogP contribution < -0.4 is 10.2 Å². The quantitative estimate of drug-likeness (QED) is 0.867. The first-order valence-electron chi connectivity index (χ1n) is 9.61. The number of carbonyl (C=O) groups is 1. The third kappa shape index (κ3) is 4.30. The van der Waals surface area contributed by atoms with Crippen LogP contribution in [-0.4, -0.2) is 30.5 Å². The van der Waals surface area contributed by atoms with Gasteiger partial charge in [-0.05, 0) is 43.7 Å². The first-order valence-corrected chi connectivity index (χ1v) is 9.61. The fourth-order valence-corrected chi connectivity index (χ4v) is 3.68. The number of para-hydroxylation sites is 1. The van der Waals surface area contributed by atoms with Crippen molar-refractivity contribution in [2.24, 2.45) is 5.92 Å². The van der Waals surface area contributed by atoms with Crippen LogP contribution in [0.15, 0.2) is 30.3 Å². The molecule has 0 bridgehead atoms. The molecule has 1 atom stereocenters. The van der Waals surface area contributed by atoms with Crippen LogP contribution in [0.4, 0.5) is 5.69 Å². The highest BCUT2D eigenvalue weighted by atomic mass is 16.1. The lowest BCUT2D eigenvalue weighted by Crippen LogP contribution is -2.41. The largest absolute Gasteiger partial charge is 0.371 e. The molecule has 1 aromatic carbocycles. The Labute approximate surface area is 150 Å². The number of amides is 1. The molecule has 4 nitrogen and oxygen atoms in total.